The molecular formula is C7H13N5O2. The summed E-state index contributed by atoms with van der Waals surface area (Å²) in [6.07, 6.45) is 2.73. The van der Waals surface area contributed by atoms with Gasteiger partial charge in [-0.2, -0.15) is 10.1 Å². The third kappa shape index (κ3) is 3.02. The highest BCUT2D eigenvalue weighted by Gasteiger charge is 2.00. The van der Waals surface area contributed by atoms with Crippen LogP contribution in [0.2, 0.25) is 0 Å². The van der Waals surface area contributed by atoms with Crippen molar-refractivity contribution in [2.75, 3.05) is 19.1 Å². The van der Waals surface area contributed by atoms with Gasteiger partial charge in [-0.15, -0.1) is 5.10 Å². The summed E-state index contributed by atoms with van der Waals surface area (Å²) < 4.78 is 11.3. The standard InChI is InChI=1S/C7H13N5O2/c1-3-14-5-9-11-7-8-4-10-12(7)6-13-2/h4-5H,3,6H2,1-2H3,(H,8,10,11)/b9-5+. The van der Waals surface area contributed by atoms with Crippen molar-refractivity contribution in [2.24, 2.45) is 5.10 Å². The number of rotatable bonds is 6. The minimum absolute atomic E-state index is 0.326. The Hall–Kier alpha value is -1.63. The van der Waals surface area contributed by atoms with Crippen molar-refractivity contribution in [1.82, 2.24) is 14.8 Å². The molecule has 0 amide bonds. The molecule has 0 atom stereocenters. The van der Waals surface area contributed by atoms with Crippen LogP contribution in [0, 0.1) is 0 Å². The van der Waals surface area contributed by atoms with E-state index in [1.54, 1.807) is 7.11 Å². The second-order valence-electron chi connectivity index (χ2n) is 2.30. The first-order valence-corrected chi connectivity index (χ1v) is 4.14. The Morgan fingerprint density at radius 2 is 2.57 bits per heavy atom. The zero-order chi connectivity index (χ0) is 10.2. The molecule has 1 aromatic rings. The van der Waals surface area contributed by atoms with Gasteiger partial charge >= 0.3 is 0 Å². The van der Waals surface area contributed by atoms with E-state index in [2.05, 4.69) is 20.6 Å². The fourth-order valence-electron chi connectivity index (χ4n) is 0.763. The van der Waals surface area contributed by atoms with Gasteiger partial charge in [-0.05, 0) is 6.92 Å². The highest BCUT2D eigenvalue weighted by atomic mass is 16.5. The molecular weight excluding hydrogens is 186 g/mol. The van der Waals surface area contributed by atoms with E-state index >= 15 is 0 Å². The predicted molar refractivity (Wildman–Crippen MR) is 50.8 cm³/mol. The molecule has 0 saturated carbocycles. The van der Waals surface area contributed by atoms with Crippen LogP contribution in [0.25, 0.3) is 0 Å². The second-order valence-corrected chi connectivity index (χ2v) is 2.30. The Balaban J connectivity index is 2.45. The quantitative estimate of drug-likeness (QED) is 0.404. The zero-order valence-corrected chi connectivity index (χ0v) is 8.17. The summed E-state index contributed by atoms with van der Waals surface area (Å²) in [7, 11) is 1.58. The average Bonchev–Trinajstić information content (AvgIpc) is 2.61. The van der Waals surface area contributed by atoms with Crippen LogP contribution >= 0.6 is 0 Å². The summed E-state index contributed by atoms with van der Waals surface area (Å²) in [5, 5.41) is 7.68. The Labute approximate surface area is 81.7 Å². The van der Waals surface area contributed by atoms with Gasteiger partial charge in [-0.1, -0.05) is 0 Å². The first-order chi connectivity index (χ1) is 6.88. The van der Waals surface area contributed by atoms with E-state index in [9.17, 15) is 0 Å². The lowest BCUT2D eigenvalue weighted by Crippen LogP contribution is -2.06. The molecule has 0 bridgehead atoms. The molecule has 0 aliphatic carbocycles. The second kappa shape index (κ2) is 5.92. The van der Waals surface area contributed by atoms with E-state index < -0.39 is 0 Å². The van der Waals surface area contributed by atoms with Crippen LogP contribution in [0.4, 0.5) is 5.95 Å². The molecule has 0 spiro atoms. The van der Waals surface area contributed by atoms with Gasteiger partial charge < -0.3 is 9.47 Å². The molecule has 0 radical (unpaired) electrons. The van der Waals surface area contributed by atoms with Crippen LogP contribution in [0.3, 0.4) is 0 Å². The van der Waals surface area contributed by atoms with Crippen molar-refractivity contribution in [1.29, 1.82) is 0 Å². The summed E-state index contributed by atoms with van der Waals surface area (Å²) in [6, 6.07) is 0. The molecule has 7 nitrogen and oxygen atoms in total. The molecule has 0 aliphatic rings. The number of aromatic nitrogens is 3. The lowest BCUT2D eigenvalue weighted by molar-refractivity contribution is 0.122. The molecule has 1 N–H and O–H groups in total. The molecule has 78 valence electrons. The van der Waals surface area contributed by atoms with Gasteiger partial charge in [-0.3, -0.25) is 0 Å². The van der Waals surface area contributed by atoms with Crippen molar-refractivity contribution in [3.05, 3.63) is 6.33 Å². The maximum atomic E-state index is 4.89. The zero-order valence-electron chi connectivity index (χ0n) is 8.17. The van der Waals surface area contributed by atoms with Gasteiger partial charge in [0.15, 0.2) is 6.40 Å². The predicted octanol–water partition coefficient (Wildman–Crippen LogP) is 0.274. The lowest BCUT2D eigenvalue weighted by Gasteiger charge is -2.02. The number of hydrazone groups is 1. The molecule has 0 unspecified atom stereocenters. The van der Waals surface area contributed by atoms with Gasteiger partial charge in [0.25, 0.3) is 0 Å². The number of nitrogens with one attached hydrogen (secondary N) is 1. The summed E-state index contributed by atoms with van der Waals surface area (Å²) in [4.78, 5) is 3.92. The molecule has 1 aromatic heterocycles. The van der Waals surface area contributed by atoms with E-state index in [1.807, 2.05) is 6.92 Å². The van der Waals surface area contributed by atoms with Gasteiger partial charge in [0.1, 0.15) is 13.1 Å². The molecule has 0 aromatic carbocycles. The number of methoxy groups -OCH3 is 1. The third-order valence-electron chi connectivity index (χ3n) is 1.33. The van der Waals surface area contributed by atoms with Crippen LogP contribution < -0.4 is 5.43 Å². The van der Waals surface area contributed by atoms with E-state index in [4.69, 9.17) is 9.47 Å². The number of anilines is 1. The summed E-state index contributed by atoms with van der Waals surface area (Å²) in [5.41, 5.74) is 2.67. The third-order valence-corrected chi connectivity index (χ3v) is 1.33. The van der Waals surface area contributed by atoms with Gasteiger partial charge in [0, 0.05) is 7.11 Å². The molecule has 0 saturated heterocycles. The Kier molecular flexibility index (Phi) is 4.42. The molecule has 1 heterocycles. The summed E-state index contributed by atoms with van der Waals surface area (Å²) in [6.45, 7) is 2.78. The molecule has 14 heavy (non-hydrogen) atoms. The molecule has 1 rings (SSSR count). The number of hydrogen-bond donors (Lipinski definition) is 1. The fourth-order valence-corrected chi connectivity index (χ4v) is 0.763. The smallest absolute Gasteiger partial charge is 0.244 e. The Morgan fingerprint density at radius 3 is 3.29 bits per heavy atom. The topological polar surface area (TPSA) is 73.6 Å². The van der Waals surface area contributed by atoms with Crippen molar-refractivity contribution in [2.45, 2.75) is 13.7 Å². The maximum absolute atomic E-state index is 4.89. The first kappa shape index (κ1) is 10.5. The van der Waals surface area contributed by atoms with Crippen LogP contribution in [0.1, 0.15) is 6.92 Å². The number of ether oxygens (including phenoxy) is 2. The van der Waals surface area contributed by atoms with Crippen LogP contribution in [-0.2, 0) is 16.2 Å². The van der Waals surface area contributed by atoms with Gasteiger partial charge in [0.05, 0.1) is 6.61 Å². The largest absolute Gasteiger partial charge is 0.482 e. The van der Waals surface area contributed by atoms with E-state index in [0.29, 0.717) is 19.3 Å². The normalized spacial score (nSPS) is 10.7. The molecule has 7 heteroatoms. The number of hydrogen-bond acceptors (Lipinski definition) is 6. The number of nitrogens with zero attached hydrogens (tertiary/aromatic N) is 4. The fraction of sp³-hybridized carbons (Fsp3) is 0.571. The molecule has 0 fully saturated rings. The lowest BCUT2D eigenvalue weighted by atomic mass is 10.9. The summed E-state index contributed by atoms with van der Waals surface area (Å²) in [5.74, 6) is 0.503. The first-order valence-electron chi connectivity index (χ1n) is 4.14. The highest BCUT2D eigenvalue weighted by molar-refractivity contribution is 5.48. The van der Waals surface area contributed by atoms with Gasteiger partial charge in [-0.25, -0.2) is 10.1 Å². The highest BCUT2D eigenvalue weighted by Crippen LogP contribution is 1.99. The minimum atomic E-state index is 0.326. The Morgan fingerprint density at radius 1 is 1.71 bits per heavy atom. The average molecular weight is 199 g/mol. The van der Waals surface area contributed by atoms with Crippen molar-refractivity contribution in [3.8, 4) is 0 Å². The minimum Gasteiger partial charge on any atom is -0.482 e. The Bertz CT molecular complexity index is 285. The van der Waals surface area contributed by atoms with Crippen LogP contribution in [0.15, 0.2) is 11.4 Å². The van der Waals surface area contributed by atoms with Gasteiger partial charge in [0.2, 0.25) is 5.95 Å². The van der Waals surface area contributed by atoms with Crippen LogP contribution in [0.5, 0.6) is 0 Å². The van der Waals surface area contributed by atoms with Crippen molar-refractivity contribution < 1.29 is 9.47 Å². The monoisotopic (exact) mass is 199 g/mol. The summed E-state index contributed by atoms with van der Waals surface area (Å²) >= 11 is 0. The van der Waals surface area contributed by atoms with E-state index in [1.165, 1.54) is 17.4 Å². The SMILES string of the molecule is CCO/C=N/Nc1ncnn1COC. The maximum Gasteiger partial charge on any atom is 0.244 e. The molecule has 0 aliphatic heterocycles. The van der Waals surface area contributed by atoms with E-state index in [0.717, 1.165) is 0 Å². The van der Waals surface area contributed by atoms with Crippen LogP contribution in [-0.4, -0.2) is 34.9 Å². The van der Waals surface area contributed by atoms with Crippen molar-refractivity contribution >= 4 is 12.3 Å². The van der Waals surface area contributed by atoms with E-state index in [-0.39, 0.29) is 0 Å². The van der Waals surface area contributed by atoms with Crippen molar-refractivity contribution in [3.63, 3.8) is 0 Å².